The number of fused-ring (bicyclic) bond motifs is 1. The van der Waals surface area contributed by atoms with Gasteiger partial charge in [-0.25, -0.2) is 4.79 Å². The highest BCUT2D eigenvalue weighted by atomic mass is 32.1. The topological polar surface area (TPSA) is 73.9 Å². The first-order chi connectivity index (χ1) is 14.1. The van der Waals surface area contributed by atoms with Gasteiger partial charge in [0.1, 0.15) is 4.88 Å². The van der Waals surface area contributed by atoms with Crippen LogP contribution >= 0.6 is 11.3 Å². The Kier molecular flexibility index (Phi) is 7.52. The summed E-state index contributed by atoms with van der Waals surface area (Å²) in [5.41, 5.74) is 2.27. The van der Waals surface area contributed by atoms with E-state index in [0.717, 1.165) is 24.8 Å². The van der Waals surface area contributed by atoms with E-state index in [4.69, 9.17) is 14.2 Å². The molecule has 156 valence electrons. The quantitative estimate of drug-likeness (QED) is 0.599. The van der Waals surface area contributed by atoms with Crippen LogP contribution in [0.4, 0.5) is 0 Å². The van der Waals surface area contributed by atoms with E-state index in [9.17, 15) is 9.59 Å². The zero-order valence-corrected chi connectivity index (χ0v) is 17.7. The van der Waals surface area contributed by atoms with Gasteiger partial charge >= 0.3 is 5.97 Å². The molecular formula is C22H27NO5S. The van der Waals surface area contributed by atoms with Crippen molar-refractivity contribution in [2.75, 3.05) is 26.4 Å². The summed E-state index contributed by atoms with van der Waals surface area (Å²) in [6, 6.07) is 7.66. The molecule has 1 aliphatic rings. The Morgan fingerprint density at radius 3 is 2.62 bits per heavy atom. The molecule has 0 spiro atoms. The number of benzene rings is 1. The molecule has 0 atom stereocenters. The summed E-state index contributed by atoms with van der Waals surface area (Å²) < 4.78 is 16.3. The molecule has 0 aliphatic heterocycles. The van der Waals surface area contributed by atoms with Crippen LogP contribution < -0.4 is 14.8 Å². The number of ether oxygens (including phenoxy) is 3. The lowest BCUT2D eigenvalue weighted by molar-refractivity contribution is -0.124. The van der Waals surface area contributed by atoms with Crippen molar-refractivity contribution in [1.82, 2.24) is 5.32 Å². The Morgan fingerprint density at radius 2 is 1.86 bits per heavy atom. The van der Waals surface area contributed by atoms with Gasteiger partial charge in [-0.2, -0.15) is 0 Å². The van der Waals surface area contributed by atoms with Crippen LogP contribution in [-0.4, -0.2) is 38.2 Å². The number of hydrogen-bond donors (Lipinski definition) is 1. The van der Waals surface area contributed by atoms with Gasteiger partial charge in [-0.05, 0) is 68.9 Å². The number of hydrogen-bond acceptors (Lipinski definition) is 6. The van der Waals surface area contributed by atoms with Gasteiger partial charge in [0.15, 0.2) is 18.1 Å². The van der Waals surface area contributed by atoms with E-state index in [1.54, 1.807) is 0 Å². The lowest BCUT2D eigenvalue weighted by atomic mass is 10.1. The van der Waals surface area contributed by atoms with Crippen LogP contribution in [-0.2, 0) is 28.8 Å². The van der Waals surface area contributed by atoms with Crippen LogP contribution in [0.3, 0.4) is 0 Å². The highest BCUT2D eigenvalue weighted by Gasteiger charge is 2.19. The Morgan fingerprint density at radius 1 is 1.07 bits per heavy atom. The summed E-state index contributed by atoms with van der Waals surface area (Å²) in [7, 11) is 0. The molecule has 7 heteroatoms. The lowest BCUT2D eigenvalue weighted by Crippen LogP contribution is -2.30. The van der Waals surface area contributed by atoms with Gasteiger partial charge in [-0.1, -0.05) is 6.07 Å². The van der Waals surface area contributed by atoms with Crippen LogP contribution in [0.25, 0.3) is 0 Å². The fraction of sp³-hybridized carbons (Fsp3) is 0.455. The summed E-state index contributed by atoms with van der Waals surface area (Å²) in [4.78, 5) is 26.0. The fourth-order valence-corrected chi connectivity index (χ4v) is 4.43. The molecule has 0 fully saturated rings. The van der Waals surface area contributed by atoms with Gasteiger partial charge in [0.05, 0.1) is 13.2 Å². The maximum atomic E-state index is 12.1. The predicted octanol–water partition coefficient (Wildman–Crippen LogP) is 3.55. The largest absolute Gasteiger partial charge is 0.490 e. The lowest BCUT2D eigenvalue weighted by Gasteiger charge is -2.12. The molecule has 29 heavy (non-hydrogen) atoms. The maximum absolute atomic E-state index is 12.1. The Bertz CT molecular complexity index is 839. The Balaban J connectivity index is 1.42. The third kappa shape index (κ3) is 5.73. The van der Waals surface area contributed by atoms with E-state index in [1.165, 1.54) is 21.8 Å². The van der Waals surface area contributed by atoms with Crippen molar-refractivity contribution >= 4 is 23.2 Å². The summed E-state index contributed by atoms with van der Waals surface area (Å²) in [6.45, 7) is 5.16. The molecule has 2 aromatic rings. The minimum Gasteiger partial charge on any atom is -0.490 e. The molecule has 1 aromatic heterocycles. The van der Waals surface area contributed by atoms with Gasteiger partial charge in [0.25, 0.3) is 5.91 Å². The molecule has 1 N–H and O–H groups in total. The summed E-state index contributed by atoms with van der Waals surface area (Å²) in [5.74, 6) is 0.689. The van der Waals surface area contributed by atoms with Crippen LogP contribution in [0, 0.1) is 0 Å². The van der Waals surface area contributed by atoms with E-state index in [2.05, 4.69) is 5.32 Å². The van der Waals surface area contributed by atoms with Crippen LogP contribution in [0.5, 0.6) is 11.5 Å². The number of thiophene rings is 1. The van der Waals surface area contributed by atoms with Gasteiger partial charge in [0, 0.05) is 11.4 Å². The molecule has 0 radical (unpaired) electrons. The van der Waals surface area contributed by atoms with Crippen molar-refractivity contribution in [2.45, 2.75) is 39.5 Å². The summed E-state index contributed by atoms with van der Waals surface area (Å²) in [5, 5.41) is 2.78. The first-order valence-corrected chi connectivity index (χ1v) is 10.9. The first-order valence-electron chi connectivity index (χ1n) is 10.0. The highest BCUT2D eigenvalue weighted by molar-refractivity contribution is 7.14. The highest BCUT2D eigenvalue weighted by Crippen LogP contribution is 2.31. The number of carbonyl (C=O) groups is 2. The minimum atomic E-state index is -0.424. The van der Waals surface area contributed by atoms with E-state index in [0.29, 0.717) is 42.6 Å². The molecule has 1 aromatic carbocycles. The second-order valence-electron chi connectivity index (χ2n) is 6.74. The average Bonchev–Trinajstić information content (AvgIpc) is 3.31. The van der Waals surface area contributed by atoms with Crippen molar-refractivity contribution in [2.24, 2.45) is 0 Å². The molecule has 0 bridgehead atoms. The standard InChI is InChI=1S/C22H27NO5S/c1-3-26-17-9-8-15(12-18(17)27-4-2)10-11-23-21(24)14-28-22(25)20-13-16-6-5-7-19(16)29-20/h8-9,12-13H,3-7,10-11,14H2,1-2H3,(H,23,24). The van der Waals surface area contributed by atoms with Crippen molar-refractivity contribution in [1.29, 1.82) is 0 Å². The zero-order valence-electron chi connectivity index (χ0n) is 16.9. The number of aryl methyl sites for hydroxylation is 2. The van der Waals surface area contributed by atoms with Crippen LogP contribution in [0.2, 0.25) is 0 Å². The van der Waals surface area contributed by atoms with Gasteiger partial charge in [-0.3, -0.25) is 4.79 Å². The molecule has 0 saturated carbocycles. The fourth-order valence-electron chi connectivity index (χ4n) is 3.28. The zero-order chi connectivity index (χ0) is 20.6. The Labute approximate surface area is 175 Å². The van der Waals surface area contributed by atoms with Crippen LogP contribution in [0.15, 0.2) is 24.3 Å². The van der Waals surface area contributed by atoms with Crippen LogP contribution in [0.1, 0.15) is 45.9 Å². The minimum absolute atomic E-state index is 0.269. The smallest absolute Gasteiger partial charge is 0.348 e. The second-order valence-corrected chi connectivity index (χ2v) is 7.87. The van der Waals surface area contributed by atoms with Crippen molar-refractivity contribution < 1.29 is 23.8 Å². The van der Waals surface area contributed by atoms with Crippen molar-refractivity contribution in [3.8, 4) is 11.5 Å². The van der Waals surface area contributed by atoms with E-state index in [-0.39, 0.29) is 12.5 Å². The summed E-state index contributed by atoms with van der Waals surface area (Å²) >= 11 is 1.48. The van der Waals surface area contributed by atoms with Gasteiger partial charge in [-0.15, -0.1) is 11.3 Å². The number of esters is 1. The molecule has 1 amide bonds. The summed E-state index contributed by atoms with van der Waals surface area (Å²) in [6.07, 6.45) is 3.85. The molecule has 3 rings (SSSR count). The predicted molar refractivity (Wildman–Crippen MR) is 112 cm³/mol. The van der Waals surface area contributed by atoms with E-state index >= 15 is 0 Å². The number of nitrogens with one attached hydrogen (secondary N) is 1. The molecule has 1 aliphatic carbocycles. The molecule has 0 saturated heterocycles. The van der Waals surface area contributed by atoms with E-state index < -0.39 is 5.97 Å². The SMILES string of the molecule is CCOc1ccc(CCNC(=O)COC(=O)c2cc3c(s2)CCC3)cc1OCC. The first kappa shape index (κ1) is 21.2. The monoisotopic (exact) mass is 417 g/mol. The normalized spacial score (nSPS) is 12.3. The molecular weight excluding hydrogens is 390 g/mol. The maximum Gasteiger partial charge on any atom is 0.348 e. The van der Waals surface area contributed by atoms with E-state index in [1.807, 2.05) is 38.1 Å². The molecule has 6 nitrogen and oxygen atoms in total. The number of amides is 1. The van der Waals surface area contributed by atoms with Gasteiger partial charge < -0.3 is 19.5 Å². The average molecular weight is 418 g/mol. The number of rotatable bonds is 10. The number of carbonyl (C=O) groups excluding carboxylic acids is 2. The molecule has 0 unspecified atom stereocenters. The Hall–Kier alpha value is -2.54. The van der Waals surface area contributed by atoms with Gasteiger partial charge in [0.2, 0.25) is 0 Å². The van der Waals surface area contributed by atoms with Crippen molar-refractivity contribution in [3.05, 3.63) is 45.1 Å². The third-order valence-corrected chi connectivity index (χ3v) is 5.84. The molecule has 1 heterocycles. The third-order valence-electron chi connectivity index (χ3n) is 4.63. The second kappa shape index (κ2) is 10.3. The van der Waals surface area contributed by atoms with Crippen molar-refractivity contribution in [3.63, 3.8) is 0 Å².